The molecule has 0 radical (unpaired) electrons. The van der Waals surface area contributed by atoms with Gasteiger partial charge in [-0.25, -0.2) is 9.18 Å². The quantitative estimate of drug-likeness (QED) is 0.847. The molecule has 0 aromatic heterocycles. The molecule has 19 heavy (non-hydrogen) atoms. The first-order valence-corrected chi connectivity index (χ1v) is 5.33. The minimum atomic E-state index is -4.95. The standard InChI is InChI=1S/C11H9F4NO3/c12-7-5-6(8-3-4-18-10(17)16-8)1-2-9(7)19-11(13,14)15/h1-2,5,8H,3-4H2,(H,16,17)/t8-/m0/s1. The monoisotopic (exact) mass is 279 g/mol. The lowest BCUT2D eigenvalue weighted by atomic mass is 10.0. The molecule has 1 heterocycles. The summed E-state index contributed by atoms with van der Waals surface area (Å²) in [7, 11) is 0. The number of alkyl carbamates (subject to hydrolysis) is 1. The maximum absolute atomic E-state index is 13.5. The summed E-state index contributed by atoms with van der Waals surface area (Å²) in [5.74, 6) is -2.05. The van der Waals surface area contributed by atoms with Crippen LogP contribution in [-0.4, -0.2) is 19.1 Å². The highest BCUT2D eigenvalue weighted by Gasteiger charge is 2.32. The van der Waals surface area contributed by atoms with E-state index in [0.29, 0.717) is 12.0 Å². The van der Waals surface area contributed by atoms with Crippen molar-refractivity contribution in [2.45, 2.75) is 18.8 Å². The Hall–Kier alpha value is -1.99. The molecule has 0 aliphatic carbocycles. The largest absolute Gasteiger partial charge is 0.573 e. The van der Waals surface area contributed by atoms with Gasteiger partial charge in [0.05, 0.1) is 12.6 Å². The minimum Gasteiger partial charge on any atom is -0.449 e. The normalized spacial score (nSPS) is 19.6. The highest BCUT2D eigenvalue weighted by Crippen LogP contribution is 2.29. The van der Waals surface area contributed by atoms with Crippen LogP contribution in [0.2, 0.25) is 0 Å². The first-order chi connectivity index (χ1) is 8.85. The molecular weight excluding hydrogens is 270 g/mol. The smallest absolute Gasteiger partial charge is 0.449 e. The molecular formula is C11H9F4NO3. The van der Waals surface area contributed by atoms with Gasteiger partial charge in [0.2, 0.25) is 0 Å². The van der Waals surface area contributed by atoms with E-state index in [1.54, 1.807) is 0 Å². The maximum atomic E-state index is 13.5. The zero-order valence-electron chi connectivity index (χ0n) is 9.46. The van der Waals surface area contributed by atoms with Crippen LogP contribution in [0.25, 0.3) is 0 Å². The highest BCUT2D eigenvalue weighted by atomic mass is 19.4. The van der Waals surface area contributed by atoms with E-state index in [-0.39, 0.29) is 6.61 Å². The van der Waals surface area contributed by atoms with Crippen molar-refractivity contribution in [3.05, 3.63) is 29.6 Å². The van der Waals surface area contributed by atoms with Crippen LogP contribution in [0.15, 0.2) is 18.2 Å². The minimum absolute atomic E-state index is 0.166. The topological polar surface area (TPSA) is 47.6 Å². The maximum Gasteiger partial charge on any atom is 0.573 e. The van der Waals surface area contributed by atoms with Gasteiger partial charge in [0.15, 0.2) is 11.6 Å². The summed E-state index contributed by atoms with van der Waals surface area (Å²) in [6, 6.07) is 2.55. The third kappa shape index (κ3) is 3.49. The van der Waals surface area contributed by atoms with Gasteiger partial charge in [0, 0.05) is 6.42 Å². The lowest BCUT2D eigenvalue weighted by Crippen LogP contribution is -2.35. The number of benzene rings is 1. The van der Waals surface area contributed by atoms with Gasteiger partial charge in [-0.3, -0.25) is 0 Å². The Balaban J connectivity index is 2.16. The van der Waals surface area contributed by atoms with E-state index >= 15 is 0 Å². The summed E-state index contributed by atoms with van der Waals surface area (Å²) in [4.78, 5) is 11.0. The average Bonchev–Trinajstić information content (AvgIpc) is 2.30. The summed E-state index contributed by atoms with van der Waals surface area (Å²) in [5, 5.41) is 2.44. The van der Waals surface area contributed by atoms with Crippen LogP contribution in [-0.2, 0) is 4.74 Å². The molecule has 1 aromatic carbocycles. The Bertz CT molecular complexity index is 489. The van der Waals surface area contributed by atoms with E-state index in [4.69, 9.17) is 0 Å². The van der Waals surface area contributed by atoms with Crippen molar-refractivity contribution >= 4 is 6.09 Å². The van der Waals surface area contributed by atoms with Crippen LogP contribution < -0.4 is 10.1 Å². The molecule has 1 saturated heterocycles. The van der Waals surface area contributed by atoms with Gasteiger partial charge >= 0.3 is 12.5 Å². The Morgan fingerprint density at radius 3 is 2.68 bits per heavy atom. The SMILES string of the molecule is O=C1N[C@H](c2ccc(OC(F)(F)F)c(F)c2)CCO1. The molecule has 1 amide bonds. The predicted octanol–water partition coefficient (Wildman–Crippen LogP) is 2.90. The molecule has 1 fully saturated rings. The number of halogens is 4. The number of amides is 1. The van der Waals surface area contributed by atoms with Crippen molar-refractivity contribution in [1.29, 1.82) is 0 Å². The zero-order chi connectivity index (χ0) is 14.0. The second-order valence-electron chi connectivity index (χ2n) is 3.86. The molecule has 2 rings (SSSR count). The van der Waals surface area contributed by atoms with E-state index in [1.807, 2.05) is 0 Å². The number of hydrogen-bond donors (Lipinski definition) is 1. The van der Waals surface area contributed by atoms with Gasteiger partial charge in [-0.05, 0) is 17.7 Å². The summed E-state index contributed by atoms with van der Waals surface area (Å²) in [6.07, 6.45) is -5.19. The molecule has 0 unspecified atom stereocenters. The Morgan fingerprint density at radius 1 is 1.37 bits per heavy atom. The van der Waals surface area contributed by atoms with Crippen molar-refractivity contribution in [3.8, 4) is 5.75 Å². The lowest BCUT2D eigenvalue weighted by molar-refractivity contribution is -0.275. The Kier molecular flexibility index (Phi) is 3.50. The van der Waals surface area contributed by atoms with E-state index in [1.165, 1.54) is 6.07 Å². The van der Waals surface area contributed by atoms with E-state index in [2.05, 4.69) is 14.8 Å². The third-order valence-electron chi connectivity index (χ3n) is 2.52. The number of carbonyl (C=O) groups excluding carboxylic acids is 1. The molecule has 1 N–H and O–H groups in total. The molecule has 4 nitrogen and oxygen atoms in total. The van der Waals surface area contributed by atoms with Gasteiger partial charge in [-0.15, -0.1) is 13.2 Å². The second kappa shape index (κ2) is 4.94. The third-order valence-corrected chi connectivity index (χ3v) is 2.52. The van der Waals surface area contributed by atoms with E-state index in [0.717, 1.165) is 12.1 Å². The molecule has 1 aliphatic rings. The van der Waals surface area contributed by atoms with E-state index < -0.39 is 30.1 Å². The summed E-state index contributed by atoms with van der Waals surface area (Å²) >= 11 is 0. The van der Waals surface area contributed by atoms with Crippen LogP contribution in [0.4, 0.5) is 22.4 Å². The lowest BCUT2D eigenvalue weighted by Gasteiger charge is -2.24. The first-order valence-electron chi connectivity index (χ1n) is 5.33. The van der Waals surface area contributed by atoms with Gasteiger partial charge in [0.25, 0.3) is 0 Å². The number of carbonyl (C=O) groups is 1. The van der Waals surface area contributed by atoms with Gasteiger partial charge in [-0.1, -0.05) is 6.07 Å². The Morgan fingerprint density at radius 2 is 2.11 bits per heavy atom. The zero-order valence-corrected chi connectivity index (χ0v) is 9.46. The van der Waals surface area contributed by atoms with Crippen molar-refractivity contribution in [3.63, 3.8) is 0 Å². The second-order valence-corrected chi connectivity index (χ2v) is 3.86. The van der Waals surface area contributed by atoms with Crippen molar-refractivity contribution in [2.24, 2.45) is 0 Å². The highest BCUT2D eigenvalue weighted by molar-refractivity contribution is 5.68. The fraction of sp³-hybridized carbons (Fsp3) is 0.364. The fourth-order valence-corrected chi connectivity index (χ4v) is 1.72. The number of cyclic esters (lactones) is 1. The number of ether oxygens (including phenoxy) is 2. The fourth-order valence-electron chi connectivity index (χ4n) is 1.72. The van der Waals surface area contributed by atoms with Crippen molar-refractivity contribution < 1.29 is 31.8 Å². The van der Waals surface area contributed by atoms with Crippen LogP contribution >= 0.6 is 0 Å². The van der Waals surface area contributed by atoms with Crippen LogP contribution in [0, 0.1) is 5.82 Å². The number of alkyl halides is 3. The molecule has 0 spiro atoms. The molecule has 1 aliphatic heterocycles. The van der Waals surface area contributed by atoms with Crippen molar-refractivity contribution in [2.75, 3.05) is 6.61 Å². The predicted molar refractivity (Wildman–Crippen MR) is 54.9 cm³/mol. The molecule has 8 heteroatoms. The van der Waals surface area contributed by atoms with Gasteiger partial charge < -0.3 is 14.8 Å². The molecule has 0 bridgehead atoms. The van der Waals surface area contributed by atoms with Gasteiger partial charge in [-0.2, -0.15) is 0 Å². The van der Waals surface area contributed by atoms with E-state index in [9.17, 15) is 22.4 Å². The van der Waals surface area contributed by atoms with Crippen LogP contribution in [0.1, 0.15) is 18.0 Å². The van der Waals surface area contributed by atoms with Crippen LogP contribution in [0.5, 0.6) is 5.75 Å². The molecule has 1 atom stereocenters. The number of hydrogen-bond acceptors (Lipinski definition) is 3. The Labute approximate surface area is 105 Å². The summed E-state index contributed by atoms with van der Waals surface area (Å²) in [5.41, 5.74) is 0.351. The first kappa shape index (κ1) is 13.4. The molecule has 1 aromatic rings. The molecule has 104 valence electrons. The number of nitrogens with one attached hydrogen (secondary N) is 1. The van der Waals surface area contributed by atoms with Crippen molar-refractivity contribution in [1.82, 2.24) is 5.32 Å². The summed E-state index contributed by atoms with van der Waals surface area (Å²) < 4.78 is 57.5. The number of rotatable bonds is 2. The average molecular weight is 279 g/mol. The van der Waals surface area contributed by atoms with Gasteiger partial charge in [0.1, 0.15) is 0 Å². The van der Waals surface area contributed by atoms with Crippen LogP contribution in [0.3, 0.4) is 0 Å². The molecule has 0 saturated carbocycles. The summed E-state index contributed by atoms with van der Waals surface area (Å²) in [6.45, 7) is 0.166.